The van der Waals surface area contributed by atoms with Crippen LogP contribution in [0.5, 0.6) is 0 Å². The quantitative estimate of drug-likeness (QED) is 0.581. The van der Waals surface area contributed by atoms with Gasteiger partial charge in [0.2, 0.25) is 0 Å². The first-order chi connectivity index (χ1) is 12.0. The van der Waals surface area contributed by atoms with Gasteiger partial charge in [0.25, 0.3) is 5.56 Å². The molecular weight excluding hydrogens is 328 g/mol. The molecule has 8 nitrogen and oxygen atoms in total. The summed E-state index contributed by atoms with van der Waals surface area (Å²) in [5.41, 5.74) is -0.328. The minimum Gasteiger partial charge on any atom is -0.394 e. The van der Waals surface area contributed by atoms with Crippen molar-refractivity contribution in [1.82, 2.24) is 9.55 Å². The molecule has 0 spiro atoms. The summed E-state index contributed by atoms with van der Waals surface area (Å²) in [6.45, 7) is -0.512. The van der Waals surface area contributed by atoms with Gasteiger partial charge in [-0.25, -0.2) is 4.79 Å². The van der Waals surface area contributed by atoms with Crippen LogP contribution in [-0.4, -0.2) is 49.8 Å². The van der Waals surface area contributed by atoms with Crippen molar-refractivity contribution in [2.45, 2.75) is 24.5 Å². The second-order valence-corrected chi connectivity index (χ2v) is 5.71. The summed E-state index contributed by atoms with van der Waals surface area (Å²) in [7, 11) is 0. The molecule has 0 bridgehead atoms. The normalized spacial score (nSPS) is 26.4. The number of aliphatic hydroxyl groups excluding tert-OH is 3. The number of aromatic nitrogens is 2. The van der Waals surface area contributed by atoms with Crippen molar-refractivity contribution in [2.75, 3.05) is 6.61 Å². The number of benzene rings is 1. The third-order valence-electron chi connectivity index (χ3n) is 4.02. The zero-order valence-corrected chi connectivity index (χ0v) is 13.1. The second-order valence-electron chi connectivity index (χ2n) is 5.71. The van der Waals surface area contributed by atoms with Gasteiger partial charge in [-0.2, -0.15) is 0 Å². The highest BCUT2D eigenvalue weighted by molar-refractivity contribution is 5.67. The van der Waals surface area contributed by atoms with Gasteiger partial charge in [0.15, 0.2) is 6.23 Å². The lowest BCUT2D eigenvalue weighted by atomic mass is 10.1. The van der Waals surface area contributed by atoms with Gasteiger partial charge in [0.05, 0.1) is 12.3 Å². The van der Waals surface area contributed by atoms with E-state index in [0.717, 1.165) is 10.1 Å². The molecule has 1 aliphatic heterocycles. The molecule has 2 heterocycles. The fourth-order valence-corrected chi connectivity index (χ4v) is 2.75. The number of nitrogens with one attached hydrogen (secondary N) is 1. The molecular formula is C17H18N2O6. The Balaban J connectivity index is 2.04. The summed E-state index contributed by atoms with van der Waals surface area (Å²) in [5.74, 6) is 0. The van der Waals surface area contributed by atoms with Crippen molar-refractivity contribution >= 4 is 12.2 Å². The van der Waals surface area contributed by atoms with E-state index in [1.165, 1.54) is 6.07 Å². The monoisotopic (exact) mass is 346 g/mol. The molecule has 8 heteroatoms. The number of nitrogens with zero attached hydrogens (tertiary/aromatic N) is 1. The predicted molar refractivity (Wildman–Crippen MR) is 89.7 cm³/mol. The van der Waals surface area contributed by atoms with E-state index in [4.69, 9.17) is 4.74 Å². The highest BCUT2D eigenvalue weighted by Gasteiger charge is 2.44. The van der Waals surface area contributed by atoms with Gasteiger partial charge in [-0.15, -0.1) is 0 Å². The summed E-state index contributed by atoms with van der Waals surface area (Å²) in [6.07, 6.45) is -1.78. The van der Waals surface area contributed by atoms with Crippen LogP contribution in [0.1, 0.15) is 17.5 Å². The van der Waals surface area contributed by atoms with Crippen molar-refractivity contribution in [2.24, 2.45) is 0 Å². The number of H-pyrrole nitrogens is 1. The van der Waals surface area contributed by atoms with Crippen LogP contribution in [0, 0.1) is 0 Å². The second kappa shape index (κ2) is 7.16. The molecule has 1 saturated heterocycles. The largest absolute Gasteiger partial charge is 0.394 e. The van der Waals surface area contributed by atoms with Crippen molar-refractivity contribution in [1.29, 1.82) is 0 Å². The molecule has 1 fully saturated rings. The maximum absolute atomic E-state index is 12.2. The molecule has 4 atom stereocenters. The summed E-state index contributed by atoms with van der Waals surface area (Å²) >= 11 is 0. The van der Waals surface area contributed by atoms with Crippen molar-refractivity contribution in [3.63, 3.8) is 0 Å². The molecule has 1 aromatic carbocycles. The van der Waals surface area contributed by atoms with E-state index < -0.39 is 42.4 Å². The number of hydrogen-bond donors (Lipinski definition) is 4. The Kier molecular flexibility index (Phi) is 4.95. The number of rotatable bonds is 4. The molecule has 0 amide bonds. The molecule has 25 heavy (non-hydrogen) atoms. The minimum atomic E-state index is -1.43. The Bertz CT molecular complexity index is 873. The first-order valence-electron chi connectivity index (χ1n) is 7.72. The highest BCUT2D eigenvalue weighted by atomic mass is 16.6. The average Bonchev–Trinajstić information content (AvgIpc) is 2.88. The van der Waals surface area contributed by atoms with Gasteiger partial charge in [-0.05, 0) is 11.6 Å². The number of ether oxygens (including phenoxy) is 1. The standard InChI is InChI=1S/C17H18N2O6/c20-9-12-14(22)15(23)16(25-12)19-11(8-13(21)18-17(19)24)7-6-10-4-2-1-3-5-10/h1-8,12,14-16,20,22-23H,9H2,(H,18,21,24)/b7-6+/t12-,14-,15-,16-/m1/s1. The van der Waals surface area contributed by atoms with E-state index in [-0.39, 0.29) is 5.69 Å². The topological polar surface area (TPSA) is 125 Å². The zero-order valence-electron chi connectivity index (χ0n) is 13.1. The lowest BCUT2D eigenvalue weighted by Crippen LogP contribution is -2.39. The van der Waals surface area contributed by atoms with Crippen LogP contribution in [0.4, 0.5) is 0 Å². The van der Waals surface area contributed by atoms with Crippen LogP contribution >= 0.6 is 0 Å². The summed E-state index contributed by atoms with van der Waals surface area (Å²) < 4.78 is 6.44. The molecule has 1 aromatic heterocycles. The fraction of sp³-hybridized carbons (Fsp3) is 0.294. The number of aliphatic hydroxyl groups is 3. The molecule has 0 radical (unpaired) electrons. The van der Waals surface area contributed by atoms with Gasteiger partial charge in [0.1, 0.15) is 18.3 Å². The van der Waals surface area contributed by atoms with Gasteiger partial charge < -0.3 is 20.1 Å². The molecule has 132 valence electrons. The van der Waals surface area contributed by atoms with E-state index in [1.807, 2.05) is 30.3 Å². The maximum atomic E-state index is 12.2. The molecule has 4 N–H and O–H groups in total. The van der Waals surface area contributed by atoms with Gasteiger partial charge in [-0.1, -0.05) is 36.4 Å². The first kappa shape index (κ1) is 17.3. The van der Waals surface area contributed by atoms with E-state index in [0.29, 0.717) is 0 Å². The molecule has 0 saturated carbocycles. The van der Waals surface area contributed by atoms with Gasteiger partial charge in [-0.3, -0.25) is 14.3 Å². The fourth-order valence-electron chi connectivity index (χ4n) is 2.75. The van der Waals surface area contributed by atoms with Crippen LogP contribution < -0.4 is 11.2 Å². The molecule has 0 aliphatic carbocycles. The van der Waals surface area contributed by atoms with Crippen molar-refractivity contribution in [3.8, 4) is 0 Å². The molecule has 0 unspecified atom stereocenters. The Morgan fingerprint density at radius 3 is 2.48 bits per heavy atom. The van der Waals surface area contributed by atoms with E-state index in [2.05, 4.69) is 4.98 Å². The Labute approximate surface area is 142 Å². The van der Waals surface area contributed by atoms with Gasteiger partial charge in [0, 0.05) is 6.07 Å². The lowest BCUT2D eigenvalue weighted by molar-refractivity contribution is -0.0553. The van der Waals surface area contributed by atoms with Gasteiger partial charge >= 0.3 is 5.69 Å². The number of aromatic amines is 1. The minimum absolute atomic E-state index is 0.201. The Morgan fingerprint density at radius 2 is 1.84 bits per heavy atom. The average molecular weight is 346 g/mol. The number of hydrogen-bond acceptors (Lipinski definition) is 6. The summed E-state index contributed by atoms with van der Waals surface area (Å²) in [5, 5.41) is 29.2. The highest BCUT2D eigenvalue weighted by Crippen LogP contribution is 2.29. The third kappa shape index (κ3) is 3.47. The van der Waals surface area contributed by atoms with E-state index >= 15 is 0 Å². The van der Waals surface area contributed by atoms with E-state index in [1.54, 1.807) is 12.2 Å². The van der Waals surface area contributed by atoms with Crippen LogP contribution in [0.15, 0.2) is 46.0 Å². The Morgan fingerprint density at radius 1 is 1.12 bits per heavy atom. The van der Waals surface area contributed by atoms with Crippen LogP contribution in [-0.2, 0) is 4.74 Å². The van der Waals surface area contributed by atoms with Crippen LogP contribution in [0.25, 0.3) is 12.2 Å². The van der Waals surface area contributed by atoms with E-state index in [9.17, 15) is 24.9 Å². The van der Waals surface area contributed by atoms with Crippen LogP contribution in [0.2, 0.25) is 0 Å². The molecule has 3 rings (SSSR count). The zero-order chi connectivity index (χ0) is 18.0. The van der Waals surface area contributed by atoms with Crippen LogP contribution in [0.3, 0.4) is 0 Å². The summed E-state index contributed by atoms with van der Waals surface area (Å²) in [6, 6.07) is 10.4. The molecule has 1 aliphatic rings. The maximum Gasteiger partial charge on any atom is 0.331 e. The van der Waals surface area contributed by atoms with Crippen molar-refractivity contribution < 1.29 is 20.1 Å². The lowest BCUT2D eigenvalue weighted by Gasteiger charge is -2.19. The molecule has 2 aromatic rings. The third-order valence-corrected chi connectivity index (χ3v) is 4.02. The summed E-state index contributed by atoms with van der Waals surface area (Å²) in [4.78, 5) is 26.0. The smallest absolute Gasteiger partial charge is 0.331 e. The SMILES string of the molecule is O=c1cc(/C=C/c2ccccc2)n([C@@H]2O[C@H](CO)[C@@H](O)[C@H]2O)c(=O)[nH]1. The van der Waals surface area contributed by atoms with Crippen molar-refractivity contribution in [3.05, 3.63) is 68.5 Å². The first-order valence-corrected chi connectivity index (χ1v) is 7.72. The predicted octanol–water partition coefficient (Wildman–Crippen LogP) is -0.682. The Hall–Kier alpha value is -2.52.